The van der Waals surface area contributed by atoms with Crippen LogP contribution in [-0.4, -0.2) is 23.9 Å². The van der Waals surface area contributed by atoms with E-state index >= 15 is 0 Å². The largest absolute Gasteiger partial charge is 0.339 e. The molecule has 0 spiro atoms. The van der Waals surface area contributed by atoms with E-state index in [1.807, 2.05) is 18.7 Å². The Morgan fingerprint density at radius 3 is 1.55 bits per heavy atom. The van der Waals surface area contributed by atoms with Crippen LogP contribution >= 0.6 is 0 Å². The molecule has 1 aromatic rings. The zero-order valence-corrected chi connectivity index (χ0v) is 15.7. The van der Waals surface area contributed by atoms with Crippen LogP contribution in [0.2, 0.25) is 0 Å². The van der Waals surface area contributed by atoms with Crippen molar-refractivity contribution < 1.29 is 4.79 Å². The van der Waals surface area contributed by atoms with Crippen LogP contribution < -0.4 is 0 Å². The van der Waals surface area contributed by atoms with Crippen molar-refractivity contribution in [1.82, 2.24) is 4.90 Å². The molecule has 0 saturated carbocycles. The Morgan fingerprint density at radius 1 is 0.864 bits per heavy atom. The van der Waals surface area contributed by atoms with Gasteiger partial charge in [0, 0.05) is 18.7 Å². The van der Waals surface area contributed by atoms with Gasteiger partial charge in [-0.05, 0) is 48.3 Å². The molecule has 124 valence electrons. The van der Waals surface area contributed by atoms with E-state index in [0.717, 1.165) is 18.7 Å². The smallest absolute Gasteiger partial charge is 0.254 e. The molecule has 0 radical (unpaired) electrons. The van der Waals surface area contributed by atoms with Crippen LogP contribution in [0.5, 0.6) is 0 Å². The molecule has 0 aliphatic rings. The number of nitrogens with zero attached hydrogens (tertiary/aromatic N) is 1. The highest BCUT2D eigenvalue weighted by molar-refractivity contribution is 5.97. The normalized spacial score (nSPS) is 11.6. The second-order valence-electron chi connectivity index (χ2n) is 7.02. The maximum atomic E-state index is 13.1. The standard InChI is InChI=1S/C20H33NO/c1-9-21(10-2)20(22)19-17(14(5)6)11-16(13(3)4)12-18(19)15(7)8/h11-15H,9-10H2,1-8H3. The van der Waals surface area contributed by atoms with Crippen LogP contribution in [0.3, 0.4) is 0 Å². The van der Waals surface area contributed by atoms with Crippen LogP contribution in [0.4, 0.5) is 0 Å². The van der Waals surface area contributed by atoms with Crippen molar-refractivity contribution >= 4 is 5.91 Å². The fourth-order valence-electron chi connectivity index (χ4n) is 2.87. The Bertz CT molecular complexity index is 481. The lowest BCUT2D eigenvalue weighted by Crippen LogP contribution is -2.32. The highest BCUT2D eigenvalue weighted by Gasteiger charge is 2.24. The summed E-state index contributed by atoms with van der Waals surface area (Å²) in [6.45, 7) is 18.8. The van der Waals surface area contributed by atoms with Gasteiger partial charge < -0.3 is 4.90 Å². The molecule has 0 aliphatic carbocycles. The van der Waals surface area contributed by atoms with Crippen molar-refractivity contribution in [3.63, 3.8) is 0 Å². The second-order valence-corrected chi connectivity index (χ2v) is 7.02. The summed E-state index contributed by atoms with van der Waals surface area (Å²) in [5.41, 5.74) is 4.68. The topological polar surface area (TPSA) is 20.3 Å². The monoisotopic (exact) mass is 303 g/mol. The first-order valence-electron chi connectivity index (χ1n) is 8.71. The highest BCUT2D eigenvalue weighted by Crippen LogP contribution is 2.32. The summed E-state index contributed by atoms with van der Waals surface area (Å²) < 4.78 is 0. The number of carbonyl (C=O) groups excluding carboxylic acids is 1. The van der Waals surface area contributed by atoms with Crippen LogP contribution in [-0.2, 0) is 0 Å². The van der Waals surface area contributed by atoms with Crippen molar-refractivity contribution in [3.8, 4) is 0 Å². The van der Waals surface area contributed by atoms with Gasteiger partial charge in [-0.2, -0.15) is 0 Å². The number of carbonyl (C=O) groups is 1. The first kappa shape index (κ1) is 18.7. The lowest BCUT2D eigenvalue weighted by molar-refractivity contribution is 0.0770. The quantitative estimate of drug-likeness (QED) is 0.675. The van der Waals surface area contributed by atoms with Crippen LogP contribution in [0, 0.1) is 0 Å². The summed E-state index contributed by atoms with van der Waals surface area (Å²) in [7, 11) is 0. The molecule has 2 nitrogen and oxygen atoms in total. The minimum atomic E-state index is 0.188. The zero-order valence-electron chi connectivity index (χ0n) is 15.7. The number of hydrogen-bond donors (Lipinski definition) is 0. The van der Waals surface area contributed by atoms with E-state index in [1.165, 1.54) is 16.7 Å². The van der Waals surface area contributed by atoms with Crippen molar-refractivity contribution in [1.29, 1.82) is 0 Å². The predicted molar refractivity (Wildman–Crippen MR) is 96.0 cm³/mol. The highest BCUT2D eigenvalue weighted by atomic mass is 16.2. The second kappa shape index (κ2) is 7.80. The summed E-state index contributed by atoms with van der Waals surface area (Å²) in [4.78, 5) is 15.0. The van der Waals surface area contributed by atoms with Gasteiger partial charge in [0.15, 0.2) is 0 Å². The minimum absolute atomic E-state index is 0.188. The summed E-state index contributed by atoms with van der Waals surface area (Å²) in [5.74, 6) is 1.37. The SMILES string of the molecule is CCN(CC)C(=O)c1c(C(C)C)cc(C(C)C)cc1C(C)C. The van der Waals surface area contributed by atoms with Gasteiger partial charge in [-0.3, -0.25) is 4.79 Å². The number of amides is 1. The van der Waals surface area contributed by atoms with Crippen LogP contribution in [0.15, 0.2) is 12.1 Å². The molecular formula is C20H33NO. The first-order chi connectivity index (χ1) is 10.2. The molecule has 0 bridgehead atoms. The molecular weight excluding hydrogens is 270 g/mol. The van der Waals surface area contributed by atoms with Gasteiger partial charge in [-0.25, -0.2) is 0 Å². The number of benzene rings is 1. The molecule has 0 fully saturated rings. The zero-order chi connectivity index (χ0) is 17.0. The molecule has 0 aromatic heterocycles. The van der Waals surface area contributed by atoms with Gasteiger partial charge >= 0.3 is 0 Å². The molecule has 1 rings (SSSR count). The average Bonchev–Trinajstić information content (AvgIpc) is 2.46. The lowest BCUT2D eigenvalue weighted by atomic mass is 9.84. The Morgan fingerprint density at radius 2 is 1.27 bits per heavy atom. The first-order valence-corrected chi connectivity index (χ1v) is 8.71. The van der Waals surface area contributed by atoms with E-state index in [9.17, 15) is 4.79 Å². The fraction of sp³-hybridized carbons (Fsp3) is 0.650. The average molecular weight is 303 g/mol. The van der Waals surface area contributed by atoms with Gasteiger partial charge in [0.05, 0.1) is 0 Å². The van der Waals surface area contributed by atoms with Gasteiger partial charge in [0.1, 0.15) is 0 Å². The molecule has 0 N–H and O–H groups in total. The molecule has 0 aliphatic heterocycles. The van der Waals surface area contributed by atoms with Gasteiger partial charge in [-0.1, -0.05) is 53.7 Å². The van der Waals surface area contributed by atoms with E-state index in [1.54, 1.807) is 0 Å². The molecule has 0 saturated heterocycles. The Hall–Kier alpha value is -1.31. The van der Waals surface area contributed by atoms with Crippen LogP contribution in [0.1, 0.15) is 100 Å². The van der Waals surface area contributed by atoms with Gasteiger partial charge in [0.25, 0.3) is 5.91 Å². The third kappa shape index (κ3) is 3.91. The Balaban J connectivity index is 3.61. The molecule has 22 heavy (non-hydrogen) atoms. The van der Waals surface area contributed by atoms with Crippen molar-refractivity contribution in [2.75, 3.05) is 13.1 Å². The van der Waals surface area contributed by atoms with Gasteiger partial charge in [0.2, 0.25) is 0 Å². The van der Waals surface area contributed by atoms with Crippen molar-refractivity contribution in [2.45, 2.75) is 73.1 Å². The summed E-state index contributed by atoms with van der Waals surface area (Å²) in [5, 5.41) is 0. The van der Waals surface area contributed by atoms with E-state index in [4.69, 9.17) is 0 Å². The van der Waals surface area contributed by atoms with E-state index in [-0.39, 0.29) is 5.91 Å². The molecule has 2 heteroatoms. The maximum Gasteiger partial charge on any atom is 0.254 e. The van der Waals surface area contributed by atoms with E-state index < -0.39 is 0 Å². The summed E-state index contributed by atoms with van der Waals surface area (Å²) >= 11 is 0. The van der Waals surface area contributed by atoms with Crippen molar-refractivity contribution in [2.24, 2.45) is 0 Å². The molecule has 1 amide bonds. The van der Waals surface area contributed by atoms with E-state index in [0.29, 0.717) is 17.8 Å². The predicted octanol–water partition coefficient (Wildman–Crippen LogP) is 5.54. The van der Waals surface area contributed by atoms with Gasteiger partial charge in [-0.15, -0.1) is 0 Å². The Kier molecular flexibility index (Phi) is 6.65. The fourth-order valence-corrected chi connectivity index (χ4v) is 2.87. The molecule has 0 unspecified atom stereocenters. The molecule has 0 heterocycles. The maximum absolute atomic E-state index is 13.1. The lowest BCUT2D eigenvalue weighted by Gasteiger charge is -2.26. The minimum Gasteiger partial charge on any atom is -0.339 e. The third-order valence-corrected chi connectivity index (χ3v) is 4.40. The molecule has 0 atom stereocenters. The number of rotatable bonds is 6. The Labute approximate surface area is 136 Å². The van der Waals surface area contributed by atoms with Crippen molar-refractivity contribution in [3.05, 3.63) is 34.4 Å². The summed E-state index contributed by atoms with van der Waals surface area (Å²) in [6.07, 6.45) is 0. The van der Waals surface area contributed by atoms with E-state index in [2.05, 4.69) is 53.7 Å². The summed E-state index contributed by atoms with van der Waals surface area (Å²) in [6, 6.07) is 4.50. The third-order valence-electron chi connectivity index (χ3n) is 4.40. The number of hydrogen-bond acceptors (Lipinski definition) is 1. The molecule has 1 aromatic carbocycles. The van der Waals surface area contributed by atoms with Crippen LogP contribution in [0.25, 0.3) is 0 Å².